The zero-order valence-electron chi connectivity index (χ0n) is 19.9. The van der Waals surface area contributed by atoms with Crippen molar-refractivity contribution in [1.82, 2.24) is 9.78 Å². The summed E-state index contributed by atoms with van der Waals surface area (Å²) in [6.07, 6.45) is 3.44. The number of anilines is 2. The average Bonchev–Trinajstić information content (AvgIpc) is 3.08. The molecule has 1 aliphatic heterocycles. The normalized spacial score (nSPS) is 14.1. The number of benzene rings is 2. The first-order valence-electron chi connectivity index (χ1n) is 11.4. The van der Waals surface area contributed by atoms with Crippen molar-refractivity contribution >= 4 is 23.4 Å². The minimum Gasteiger partial charge on any atom is -0.378 e. The van der Waals surface area contributed by atoms with Crippen LogP contribution in [-0.2, 0) is 16.1 Å². The second-order valence-corrected chi connectivity index (χ2v) is 8.65. The van der Waals surface area contributed by atoms with Gasteiger partial charge in [-0.25, -0.2) is 0 Å². The van der Waals surface area contributed by atoms with Crippen LogP contribution < -0.4 is 10.2 Å². The van der Waals surface area contributed by atoms with E-state index in [0.29, 0.717) is 6.54 Å². The molecule has 6 heteroatoms. The molecule has 1 aromatic heterocycles. The summed E-state index contributed by atoms with van der Waals surface area (Å²) in [5, 5.41) is 7.68. The predicted molar refractivity (Wildman–Crippen MR) is 134 cm³/mol. The van der Waals surface area contributed by atoms with Crippen LogP contribution >= 0.6 is 0 Å². The molecule has 0 atom stereocenters. The van der Waals surface area contributed by atoms with Crippen molar-refractivity contribution in [1.29, 1.82) is 0 Å². The van der Waals surface area contributed by atoms with Crippen molar-refractivity contribution in [2.45, 2.75) is 34.2 Å². The molecule has 0 unspecified atom stereocenters. The van der Waals surface area contributed by atoms with Crippen molar-refractivity contribution in [2.75, 3.05) is 36.5 Å². The maximum absolute atomic E-state index is 12.6. The van der Waals surface area contributed by atoms with E-state index in [4.69, 9.17) is 4.74 Å². The van der Waals surface area contributed by atoms with E-state index in [-0.39, 0.29) is 5.91 Å². The molecule has 33 heavy (non-hydrogen) atoms. The predicted octanol–water partition coefficient (Wildman–Crippen LogP) is 4.65. The number of ether oxygens (including phenoxy) is 1. The smallest absolute Gasteiger partial charge is 0.248 e. The Balaban J connectivity index is 1.42. The summed E-state index contributed by atoms with van der Waals surface area (Å²) in [5.41, 5.74) is 8.42. The largest absolute Gasteiger partial charge is 0.378 e. The van der Waals surface area contributed by atoms with Gasteiger partial charge in [0.2, 0.25) is 5.91 Å². The van der Waals surface area contributed by atoms with Gasteiger partial charge in [0.1, 0.15) is 0 Å². The third kappa shape index (κ3) is 5.52. The summed E-state index contributed by atoms with van der Waals surface area (Å²) in [6, 6.07) is 14.6. The van der Waals surface area contributed by atoms with Crippen molar-refractivity contribution < 1.29 is 9.53 Å². The summed E-state index contributed by atoms with van der Waals surface area (Å²) in [6.45, 7) is 12.1. The van der Waals surface area contributed by atoms with Gasteiger partial charge in [-0.2, -0.15) is 5.10 Å². The van der Waals surface area contributed by atoms with Gasteiger partial charge in [-0.15, -0.1) is 0 Å². The average molecular weight is 445 g/mol. The first kappa shape index (κ1) is 22.8. The lowest BCUT2D eigenvalue weighted by molar-refractivity contribution is -0.111. The number of hydrogen-bond donors (Lipinski definition) is 1. The van der Waals surface area contributed by atoms with Crippen LogP contribution in [0.4, 0.5) is 11.4 Å². The first-order chi connectivity index (χ1) is 15.9. The molecule has 4 rings (SSSR count). The van der Waals surface area contributed by atoms with Crippen LogP contribution in [0.25, 0.3) is 6.08 Å². The lowest BCUT2D eigenvalue weighted by Crippen LogP contribution is -2.36. The lowest BCUT2D eigenvalue weighted by atomic mass is 10.1. The highest BCUT2D eigenvalue weighted by Gasteiger charge is 2.13. The minimum atomic E-state index is -0.151. The topological polar surface area (TPSA) is 59.4 Å². The molecule has 1 N–H and O–H groups in total. The van der Waals surface area contributed by atoms with Crippen LogP contribution in [0.15, 0.2) is 48.5 Å². The van der Waals surface area contributed by atoms with Gasteiger partial charge in [0, 0.05) is 41.8 Å². The van der Waals surface area contributed by atoms with Crippen LogP contribution in [-0.4, -0.2) is 42.0 Å². The van der Waals surface area contributed by atoms with Crippen LogP contribution in [0.5, 0.6) is 0 Å². The Hall–Kier alpha value is -3.38. The molecule has 2 heterocycles. The second kappa shape index (κ2) is 10.0. The van der Waals surface area contributed by atoms with Crippen LogP contribution in [0.3, 0.4) is 0 Å². The molecule has 0 aliphatic carbocycles. The van der Waals surface area contributed by atoms with E-state index in [1.165, 1.54) is 11.1 Å². The second-order valence-electron chi connectivity index (χ2n) is 8.65. The minimum absolute atomic E-state index is 0.151. The number of rotatable bonds is 6. The summed E-state index contributed by atoms with van der Waals surface area (Å²) in [7, 11) is 0. The van der Waals surface area contributed by atoms with Gasteiger partial charge in [-0.1, -0.05) is 29.8 Å². The van der Waals surface area contributed by atoms with E-state index >= 15 is 0 Å². The lowest BCUT2D eigenvalue weighted by Gasteiger charge is -2.29. The molecule has 172 valence electrons. The molecule has 0 radical (unpaired) electrons. The number of amides is 1. The van der Waals surface area contributed by atoms with Crippen molar-refractivity contribution in [3.63, 3.8) is 0 Å². The Morgan fingerprint density at radius 1 is 1.06 bits per heavy atom. The van der Waals surface area contributed by atoms with Crippen molar-refractivity contribution in [3.05, 3.63) is 82.2 Å². The Bertz CT molecular complexity index is 1160. The molecule has 1 amide bonds. The molecule has 1 saturated heterocycles. The number of aryl methyl sites for hydroxylation is 3. The maximum atomic E-state index is 12.6. The fourth-order valence-corrected chi connectivity index (χ4v) is 4.11. The van der Waals surface area contributed by atoms with E-state index < -0.39 is 0 Å². The molecule has 0 spiro atoms. The highest BCUT2D eigenvalue weighted by Crippen LogP contribution is 2.24. The highest BCUT2D eigenvalue weighted by molar-refractivity contribution is 6.02. The fraction of sp³-hybridized carbons (Fsp3) is 0.333. The molecule has 2 aromatic carbocycles. The Kier molecular flexibility index (Phi) is 6.94. The van der Waals surface area contributed by atoms with E-state index in [9.17, 15) is 4.79 Å². The quantitative estimate of drug-likeness (QED) is 0.562. The van der Waals surface area contributed by atoms with E-state index in [1.807, 2.05) is 37.6 Å². The van der Waals surface area contributed by atoms with Gasteiger partial charge in [0.15, 0.2) is 0 Å². The molecule has 1 fully saturated rings. The maximum Gasteiger partial charge on any atom is 0.248 e. The van der Waals surface area contributed by atoms with Crippen LogP contribution in [0, 0.1) is 27.7 Å². The number of aromatic nitrogens is 2. The van der Waals surface area contributed by atoms with Crippen LogP contribution in [0.1, 0.15) is 33.6 Å². The van der Waals surface area contributed by atoms with Gasteiger partial charge in [0.25, 0.3) is 0 Å². The van der Waals surface area contributed by atoms with E-state index in [2.05, 4.69) is 58.6 Å². The van der Waals surface area contributed by atoms with Gasteiger partial charge in [-0.05, 0) is 63.1 Å². The zero-order valence-corrected chi connectivity index (χ0v) is 19.9. The number of hydrogen-bond acceptors (Lipinski definition) is 4. The third-order valence-electron chi connectivity index (χ3n) is 6.14. The summed E-state index contributed by atoms with van der Waals surface area (Å²) in [5.74, 6) is -0.151. The number of morpholine rings is 1. The SMILES string of the molecule is Cc1ccc(Cn2nc(C)c(/C=C/C(=O)Nc3ccc(N4CCOCC4)cc3C)c2C)cc1. The Morgan fingerprint density at radius 3 is 2.48 bits per heavy atom. The summed E-state index contributed by atoms with van der Waals surface area (Å²) < 4.78 is 7.42. The van der Waals surface area contributed by atoms with Gasteiger partial charge < -0.3 is 15.0 Å². The molecule has 3 aromatic rings. The molecule has 0 bridgehead atoms. The van der Waals surface area contributed by atoms with E-state index in [1.54, 1.807) is 6.08 Å². The van der Waals surface area contributed by atoms with Gasteiger partial charge >= 0.3 is 0 Å². The first-order valence-corrected chi connectivity index (χ1v) is 11.4. The summed E-state index contributed by atoms with van der Waals surface area (Å²) >= 11 is 0. The molecule has 6 nitrogen and oxygen atoms in total. The molecular weight excluding hydrogens is 412 g/mol. The number of carbonyl (C=O) groups is 1. The van der Waals surface area contributed by atoms with Gasteiger partial charge in [0.05, 0.1) is 25.5 Å². The monoisotopic (exact) mass is 444 g/mol. The zero-order chi connectivity index (χ0) is 23.4. The number of nitrogens with zero attached hydrogens (tertiary/aromatic N) is 3. The number of carbonyl (C=O) groups excluding carboxylic acids is 1. The van der Waals surface area contributed by atoms with Crippen molar-refractivity contribution in [2.24, 2.45) is 0 Å². The Labute approximate surface area is 195 Å². The highest BCUT2D eigenvalue weighted by atomic mass is 16.5. The van der Waals surface area contributed by atoms with Gasteiger partial charge in [-0.3, -0.25) is 9.48 Å². The summed E-state index contributed by atoms with van der Waals surface area (Å²) in [4.78, 5) is 14.9. The molecular formula is C27H32N4O2. The Morgan fingerprint density at radius 2 is 1.79 bits per heavy atom. The van der Waals surface area contributed by atoms with Crippen molar-refractivity contribution in [3.8, 4) is 0 Å². The molecule has 0 saturated carbocycles. The van der Waals surface area contributed by atoms with Crippen LogP contribution in [0.2, 0.25) is 0 Å². The fourth-order valence-electron chi connectivity index (χ4n) is 4.11. The number of nitrogens with one attached hydrogen (secondary N) is 1. The third-order valence-corrected chi connectivity index (χ3v) is 6.14. The van der Waals surface area contributed by atoms with E-state index in [0.717, 1.165) is 60.2 Å². The molecule has 1 aliphatic rings. The standard InChI is InChI=1S/C27H32N4O2/c1-19-5-7-23(8-6-19)18-31-22(4)25(21(3)29-31)10-12-27(32)28-26-11-9-24(17-20(26)2)30-13-15-33-16-14-30/h5-12,17H,13-16,18H2,1-4H3,(H,28,32)/b12-10+.